The van der Waals surface area contributed by atoms with Crippen molar-refractivity contribution < 1.29 is 9.59 Å². The summed E-state index contributed by atoms with van der Waals surface area (Å²) in [6.45, 7) is 4.34. The highest BCUT2D eigenvalue weighted by Gasteiger charge is 2.27. The monoisotopic (exact) mass is 475 g/mol. The number of piperidine rings is 1. The Kier molecular flexibility index (Phi) is 7.99. The normalized spacial score (nSPS) is 17.1. The van der Waals surface area contributed by atoms with Crippen LogP contribution in [0.1, 0.15) is 47.3 Å². The number of anilines is 1. The fourth-order valence-corrected chi connectivity index (χ4v) is 4.64. The first-order valence-electron chi connectivity index (χ1n) is 11.7. The number of carbonyl (C=O) groups excluding carboxylic acids is 2. The van der Waals surface area contributed by atoms with Gasteiger partial charge in [-0.25, -0.2) is 0 Å². The second-order valence-electron chi connectivity index (χ2n) is 8.84. The van der Waals surface area contributed by atoms with Gasteiger partial charge in [0.2, 0.25) is 5.91 Å². The van der Waals surface area contributed by atoms with Gasteiger partial charge in [0.05, 0.1) is 23.2 Å². The summed E-state index contributed by atoms with van der Waals surface area (Å²) in [6, 6.07) is 24.7. The Labute approximate surface area is 206 Å². The Morgan fingerprint density at radius 1 is 1.03 bits per heavy atom. The standard InChI is InChI=1S/C28H30ClN3O2/c1-20(22-10-3-2-4-11-22)30-28(34)25-14-5-6-15-26(25)31-27(33)23-12-8-16-32(19-23)18-21-9-7-13-24(29)17-21/h2-7,9-11,13-15,17,20,23H,8,12,16,18-19H2,1H3,(H,30,34)(H,31,33). The van der Waals surface area contributed by atoms with Crippen LogP contribution in [0.3, 0.4) is 0 Å². The molecule has 1 fully saturated rings. The molecule has 5 nitrogen and oxygen atoms in total. The number of likely N-dealkylation sites (tertiary alicyclic amines) is 1. The highest BCUT2D eigenvalue weighted by Crippen LogP contribution is 2.23. The number of amides is 2. The predicted molar refractivity (Wildman–Crippen MR) is 137 cm³/mol. The second-order valence-corrected chi connectivity index (χ2v) is 9.28. The van der Waals surface area contributed by atoms with Gasteiger partial charge in [-0.2, -0.15) is 0 Å². The van der Waals surface area contributed by atoms with Gasteiger partial charge in [0.1, 0.15) is 0 Å². The van der Waals surface area contributed by atoms with Crippen LogP contribution in [-0.4, -0.2) is 29.8 Å². The van der Waals surface area contributed by atoms with Crippen LogP contribution in [0.5, 0.6) is 0 Å². The van der Waals surface area contributed by atoms with Crippen molar-refractivity contribution in [2.24, 2.45) is 5.92 Å². The summed E-state index contributed by atoms with van der Waals surface area (Å²) in [4.78, 5) is 28.4. The molecule has 6 heteroatoms. The zero-order valence-electron chi connectivity index (χ0n) is 19.3. The van der Waals surface area contributed by atoms with Crippen molar-refractivity contribution in [3.05, 3.63) is 101 Å². The topological polar surface area (TPSA) is 61.4 Å². The molecule has 0 saturated carbocycles. The zero-order chi connectivity index (χ0) is 23.9. The molecule has 1 heterocycles. The fourth-order valence-electron chi connectivity index (χ4n) is 4.43. The quantitative estimate of drug-likeness (QED) is 0.462. The number of halogens is 1. The molecule has 4 rings (SSSR count). The van der Waals surface area contributed by atoms with E-state index in [1.807, 2.05) is 67.6 Å². The summed E-state index contributed by atoms with van der Waals surface area (Å²) in [5.74, 6) is -0.391. The number of hydrogen-bond donors (Lipinski definition) is 2. The molecule has 2 unspecified atom stereocenters. The summed E-state index contributed by atoms with van der Waals surface area (Å²) >= 11 is 6.12. The van der Waals surface area contributed by atoms with Crippen molar-refractivity contribution in [2.45, 2.75) is 32.4 Å². The summed E-state index contributed by atoms with van der Waals surface area (Å²) in [6.07, 6.45) is 1.78. The number of hydrogen-bond acceptors (Lipinski definition) is 3. The SMILES string of the molecule is CC(NC(=O)c1ccccc1NC(=O)C1CCCN(Cc2cccc(Cl)c2)C1)c1ccccc1. The maximum absolute atomic E-state index is 13.1. The van der Waals surface area contributed by atoms with Crippen molar-refractivity contribution in [1.82, 2.24) is 10.2 Å². The number of rotatable bonds is 7. The van der Waals surface area contributed by atoms with Crippen LogP contribution in [0.4, 0.5) is 5.69 Å². The summed E-state index contributed by atoms with van der Waals surface area (Å²) < 4.78 is 0. The summed E-state index contributed by atoms with van der Waals surface area (Å²) in [7, 11) is 0. The number of carbonyl (C=O) groups is 2. The molecule has 0 spiro atoms. The number of nitrogens with zero attached hydrogens (tertiary/aromatic N) is 1. The van der Waals surface area contributed by atoms with Gasteiger partial charge in [-0.15, -0.1) is 0 Å². The van der Waals surface area contributed by atoms with E-state index in [1.165, 1.54) is 0 Å². The van der Waals surface area contributed by atoms with Crippen molar-refractivity contribution in [1.29, 1.82) is 0 Å². The van der Waals surface area contributed by atoms with E-state index in [0.29, 0.717) is 17.8 Å². The molecular weight excluding hydrogens is 446 g/mol. The Balaban J connectivity index is 1.39. The third-order valence-electron chi connectivity index (χ3n) is 6.25. The van der Waals surface area contributed by atoms with Crippen LogP contribution in [0.25, 0.3) is 0 Å². The molecule has 1 saturated heterocycles. The first-order valence-corrected chi connectivity index (χ1v) is 12.1. The lowest BCUT2D eigenvalue weighted by atomic mass is 9.96. The Hall–Kier alpha value is -3.15. The zero-order valence-corrected chi connectivity index (χ0v) is 20.1. The summed E-state index contributed by atoms with van der Waals surface area (Å²) in [5.41, 5.74) is 3.17. The van der Waals surface area contributed by atoms with Gasteiger partial charge in [-0.05, 0) is 61.7 Å². The molecule has 2 N–H and O–H groups in total. The lowest BCUT2D eigenvalue weighted by molar-refractivity contribution is -0.121. The molecule has 2 atom stereocenters. The Morgan fingerprint density at radius 2 is 1.79 bits per heavy atom. The predicted octanol–water partition coefficient (Wildman–Crippen LogP) is 5.68. The Morgan fingerprint density at radius 3 is 2.59 bits per heavy atom. The largest absolute Gasteiger partial charge is 0.345 e. The fraction of sp³-hybridized carbons (Fsp3) is 0.286. The number of para-hydroxylation sites is 1. The minimum absolute atomic E-state index is 0.0489. The lowest BCUT2D eigenvalue weighted by Gasteiger charge is -2.32. The van der Waals surface area contributed by atoms with E-state index in [1.54, 1.807) is 12.1 Å². The smallest absolute Gasteiger partial charge is 0.253 e. The maximum Gasteiger partial charge on any atom is 0.253 e. The molecule has 2 amide bonds. The second kappa shape index (κ2) is 11.3. The minimum Gasteiger partial charge on any atom is -0.345 e. The van der Waals surface area contributed by atoms with Crippen LogP contribution in [0.15, 0.2) is 78.9 Å². The van der Waals surface area contributed by atoms with Crippen molar-refractivity contribution in [3.8, 4) is 0 Å². The first kappa shape index (κ1) is 24.0. The molecule has 0 aromatic heterocycles. The maximum atomic E-state index is 13.1. The molecule has 0 bridgehead atoms. The van der Waals surface area contributed by atoms with Crippen LogP contribution in [0.2, 0.25) is 5.02 Å². The summed E-state index contributed by atoms with van der Waals surface area (Å²) in [5, 5.41) is 6.78. The lowest BCUT2D eigenvalue weighted by Crippen LogP contribution is -2.40. The van der Waals surface area contributed by atoms with E-state index in [2.05, 4.69) is 21.6 Å². The van der Waals surface area contributed by atoms with E-state index in [0.717, 1.165) is 42.1 Å². The Bertz CT molecular complexity index is 1140. The van der Waals surface area contributed by atoms with Gasteiger partial charge >= 0.3 is 0 Å². The van der Waals surface area contributed by atoms with Crippen molar-refractivity contribution in [2.75, 3.05) is 18.4 Å². The van der Waals surface area contributed by atoms with Gasteiger partial charge < -0.3 is 10.6 Å². The average Bonchev–Trinajstić information content (AvgIpc) is 2.85. The first-order chi connectivity index (χ1) is 16.5. The molecule has 176 valence electrons. The van der Waals surface area contributed by atoms with Crippen LogP contribution >= 0.6 is 11.6 Å². The van der Waals surface area contributed by atoms with Crippen molar-refractivity contribution >= 4 is 29.1 Å². The van der Waals surface area contributed by atoms with Crippen LogP contribution in [0, 0.1) is 5.92 Å². The van der Waals surface area contributed by atoms with Gasteiger partial charge in [0, 0.05) is 18.1 Å². The number of benzene rings is 3. The molecule has 1 aliphatic rings. The molecule has 0 aliphatic carbocycles. The average molecular weight is 476 g/mol. The highest BCUT2D eigenvalue weighted by molar-refractivity contribution is 6.30. The van der Waals surface area contributed by atoms with E-state index in [4.69, 9.17) is 11.6 Å². The van der Waals surface area contributed by atoms with Crippen molar-refractivity contribution in [3.63, 3.8) is 0 Å². The molecule has 3 aromatic carbocycles. The van der Waals surface area contributed by atoms with E-state index in [9.17, 15) is 9.59 Å². The van der Waals surface area contributed by atoms with Gasteiger partial charge in [0.25, 0.3) is 5.91 Å². The third-order valence-corrected chi connectivity index (χ3v) is 6.48. The van der Waals surface area contributed by atoms with E-state index >= 15 is 0 Å². The molecule has 3 aromatic rings. The molecule has 0 radical (unpaired) electrons. The van der Waals surface area contributed by atoms with Crippen LogP contribution in [-0.2, 0) is 11.3 Å². The molecule has 1 aliphatic heterocycles. The third kappa shape index (κ3) is 6.25. The van der Waals surface area contributed by atoms with Gasteiger partial charge in [-0.3, -0.25) is 14.5 Å². The van der Waals surface area contributed by atoms with Gasteiger partial charge in [0.15, 0.2) is 0 Å². The number of nitrogens with one attached hydrogen (secondary N) is 2. The van der Waals surface area contributed by atoms with E-state index in [-0.39, 0.29) is 23.8 Å². The molecule has 34 heavy (non-hydrogen) atoms. The van der Waals surface area contributed by atoms with E-state index < -0.39 is 0 Å². The highest BCUT2D eigenvalue weighted by atomic mass is 35.5. The molecular formula is C28H30ClN3O2. The minimum atomic E-state index is -0.210. The van der Waals surface area contributed by atoms with Gasteiger partial charge in [-0.1, -0.05) is 66.2 Å². The van der Waals surface area contributed by atoms with Crippen LogP contribution < -0.4 is 10.6 Å².